The van der Waals surface area contributed by atoms with E-state index in [1.807, 2.05) is 12.1 Å². The van der Waals surface area contributed by atoms with Crippen LogP contribution in [0.4, 0.5) is 10.2 Å². The Morgan fingerprint density at radius 1 is 1.09 bits per heavy atom. The van der Waals surface area contributed by atoms with Gasteiger partial charge in [-0.05, 0) is 41.5 Å². The summed E-state index contributed by atoms with van der Waals surface area (Å²) in [5, 5.41) is 3.71. The quantitative estimate of drug-likeness (QED) is 0.356. The first-order valence-electron chi connectivity index (χ1n) is 11.6. The van der Waals surface area contributed by atoms with Crippen molar-refractivity contribution in [2.45, 2.75) is 55.9 Å². The number of benzene rings is 2. The van der Waals surface area contributed by atoms with Gasteiger partial charge in [0.25, 0.3) is 5.56 Å². The van der Waals surface area contributed by atoms with Gasteiger partial charge >= 0.3 is 0 Å². The van der Waals surface area contributed by atoms with Gasteiger partial charge in [0.2, 0.25) is 0 Å². The summed E-state index contributed by atoms with van der Waals surface area (Å²) < 4.78 is 14.0. The highest BCUT2D eigenvalue weighted by molar-refractivity contribution is 7.98. The van der Waals surface area contributed by atoms with Crippen molar-refractivity contribution in [3.8, 4) is 0 Å². The first-order valence-corrected chi connectivity index (χ1v) is 12.5. The Bertz CT molecular complexity index is 1340. The minimum absolute atomic E-state index is 0.0785. The zero-order valence-electron chi connectivity index (χ0n) is 19.2. The van der Waals surface area contributed by atoms with Crippen LogP contribution in [0.25, 0.3) is 0 Å². The van der Waals surface area contributed by atoms with Crippen LogP contribution >= 0.6 is 11.8 Å². The molecule has 2 N–H and O–H groups in total. The van der Waals surface area contributed by atoms with E-state index < -0.39 is 5.92 Å². The summed E-state index contributed by atoms with van der Waals surface area (Å²) >= 11 is 1.28. The van der Waals surface area contributed by atoms with Gasteiger partial charge in [-0.2, -0.15) is 0 Å². The normalized spacial score (nSPS) is 17.4. The Kier molecular flexibility index (Phi) is 6.13. The lowest BCUT2D eigenvalue weighted by atomic mass is 9.76. The first-order chi connectivity index (χ1) is 16.4. The number of hydrogen-bond donors (Lipinski definition) is 2. The van der Waals surface area contributed by atoms with Gasteiger partial charge in [0, 0.05) is 29.4 Å². The number of ketones is 1. The molecule has 1 unspecified atom stereocenters. The van der Waals surface area contributed by atoms with Crippen molar-refractivity contribution >= 4 is 23.4 Å². The average Bonchev–Trinajstić information content (AvgIpc) is 2.82. The van der Waals surface area contributed by atoms with Gasteiger partial charge in [0.15, 0.2) is 10.9 Å². The largest absolute Gasteiger partial charge is 0.343 e. The smallest absolute Gasteiger partial charge is 0.257 e. The van der Waals surface area contributed by atoms with Gasteiger partial charge in [-0.15, -0.1) is 0 Å². The highest BCUT2D eigenvalue weighted by atomic mass is 32.2. The molecule has 34 heavy (non-hydrogen) atoms. The maximum atomic E-state index is 14.0. The van der Waals surface area contributed by atoms with Gasteiger partial charge in [-0.3, -0.25) is 9.59 Å². The van der Waals surface area contributed by atoms with E-state index in [1.54, 1.807) is 18.2 Å². The molecule has 0 saturated carbocycles. The number of nitrogens with zero attached hydrogens (tertiary/aromatic N) is 1. The Balaban J connectivity index is 1.55. The molecular weight excluding hydrogens is 449 g/mol. The fourth-order valence-electron chi connectivity index (χ4n) is 4.68. The topological polar surface area (TPSA) is 74.8 Å². The van der Waals surface area contributed by atoms with Crippen molar-refractivity contribution in [3.63, 3.8) is 0 Å². The number of aromatic amines is 1. The van der Waals surface area contributed by atoms with E-state index in [0.717, 1.165) is 24.1 Å². The number of rotatable bonds is 5. The number of fused-ring (bicyclic) bond motifs is 1. The average molecular weight is 476 g/mol. The summed E-state index contributed by atoms with van der Waals surface area (Å²) in [5.41, 5.74) is 4.37. The number of carbonyl (C=O) groups is 1. The number of Topliss-reactive ketones (excluding diaryl/α,β-unsaturated/α-hetero) is 1. The predicted molar refractivity (Wildman–Crippen MR) is 133 cm³/mol. The Morgan fingerprint density at radius 2 is 1.85 bits per heavy atom. The predicted octanol–water partition coefficient (Wildman–Crippen LogP) is 5.89. The monoisotopic (exact) mass is 475 g/mol. The molecule has 1 atom stereocenters. The standard InChI is InChI=1S/C27H26FN3O2S/c1-15(2)16-10-12-17(13-11-16)22-23-20(8-5-9-21(23)32)29-25-24(22)26(33)31-27(30-25)34-14-18-6-3-4-7-19(18)28/h3-4,6-7,10-13,15,22H,5,8-9,14H2,1-2H3,(H2,29,30,31,33). The molecule has 2 aromatic carbocycles. The number of H-pyrrole nitrogens is 1. The summed E-state index contributed by atoms with van der Waals surface area (Å²) in [6.07, 6.45) is 2.00. The third-order valence-electron chi connectivity index (χ3n) is 6.50. The van der Waals surface area contributed by atoms with E-state index in [-0.39, 0.29) is 17.2 Å². The summed E-state index contributed by atoms with van der Waals surface area (Å²) in [5.74, 6) is 0.553. The van der Waals surface area contributed by atoms with Gasteiger partial charge in [0.05, 0.1) is 5.56 Å². The molecule has 2 aliphatic rings. The second-order valence-electron chi connectivity index (χ2n) is 9.06. The van der Waals surface area contributed by atoms with Crippen LogP contribution in [-0.4, -0.2) is 15.8 Å². The number of halogens is 1. The van der Waals surface area contributed by atoms with Crippen LogP contribution < -0.4 is 10.9 Å². The Labute approximate surface area is 201 Å². The second-order valence-corrected chi connectivity index (χ2v) is 10.0. The summed E-state index contributed by atoms with van der Waals surface area (Å²) in [6.45, 7) is 4.27. The first kappa shape index (κ1) is 22.6. The minimum atomic E-state index is -0.456. The summed E-state index contributed by atoms with van der Waals surface area (Å²) in [4.78, 5) is 33.9. The van der Waals surface area contributed by atoms with E-state index in [0.29, 0.717) is 45.8 Å². The molecule has 5 rings (SSSR count). The van der Waals surface area contributed by atoms with Gasteiger partial charge in [-0.25, -0.2) is 9.37 Å². The van der Waals surface area contributed by atoms with Crippen molar-refractivity contribution < 1.29 is 9.18 Å². The number of nitrogens with one attached hydrogen (secondary N) is 2. The lowest BCUT2D eigenvalue weighted by Crippen LogP contribution is -2.32. The molecule has 0 saturated heterocycles. The van der Waals surface area contributed by atoms with Crippen LogP contribution in [0, 0.1) is 5.82 Å². The number of hydrogen-bond acceptors (Lipinski definition) is 5. The molecule has 1 aliphatic heterocycles. The SMILES string of the molecule is CC(C)c1ccc(C2C3=C(CCCC3=O)Nc3nc(SCc4ccccc4F)[nH]c(=O)c32)cc1. The highest BCUT2D eigenvalue weighted by Gasteiger charge is 2.37. The third kappa shape index (κ3) is 4.20. The molecule has 0 radical (unpaired) electrons. The van der Waals surface area contributed by atoms with Crippen LogP contribution in [0.1, 0.15) is 67.2 Å². The maximum absolute atomic E-state index is 14.0. The molecule has 0 spiro atoms. The van der Waals surface area contributed by atoms with Crippen molar-refractivity contribution in [1.82, 2.24) is 9.97 Å². The Morgan fingerprint density at radius 3 is 2.59 bits per heavy atom. The lowest BCUT2D eigenvalue weighted by molar-refractivity contribution is -0.116. The van der Waals surface area contributed by atoms with Gasteiger partial charge < -0.3 is 10.3 Å². The van der Waals surface area contributed by atoms with Crippen molar-refractivity contribution in [1.29, 1.82) is 0 Å². The van der Waals surface area contributed by atoms with Gasteiger partial charge in [-0.1, -0.05) is 68.1 Å². The van der Waals surface area contributed by atoms with Gasteiger partial charge in [0.1, 0.15) is 11.6 Å². The zero-order chi connectivity index (χ0) is 23.8. The van der Waals surface area contributed by atoms with Crippen molar-refractivity contribution in [2.75, 3.05) is 5.32 Å². The van der Waals surface area contributed by atoms with Crippen molar-refractivity contribution in [2.24, 2.45) is 0 Å². The van der Waals surface area contributed by atoms with Crippen LogP contribution in [-0.2, 0) is 10.5 Å². The van der Waals surface area contributed by atoms with E-state index >= 15 is 0 Å². The number of anilines is 1. The second kappa shape index (κ2) is 9.22. The van der Waals surface area contributed by atoms with Crippen LogP contribution in [0.3, 0.4) is 0 Å². The number of allylic oxidation sites excluding steroid dienone is 2. The number of aromatic nitrogens is 2. The zero-order valence-corrected chi connectivity index (χ0v) is 20.0. The molecule has 0 amide bonds. The fourth-order valence-corrected chi connectivity index (χ4v) is 5.52. The minimum Gasteiger partial charge on any atom is -0.343 e. The molecule has 7 heteroatoms. The number of carbonyl (C=O) groups excluding carboxylic acids is 1. The maximum Gasteiger partial charge on any atom is 0.257 e. The molecule has 0 bridgehead atoms. The number of thioether (sulfide) groups is 1. The van der Waals surface area contributed by atoms with Crippen LogP contribution in [0.2, 0.25) is 0 Å². The summed E-state index contributed by atoms with van der Waals surface area (Å²) in [7, 11) is 0. The molecule has 2 heterocycles. The third-order valence-corrected chi connectivity index (χ3v) is 7.42. The van der Waals surface area contributed by atoms with Crippen LogP contribution in [0.5, 0.6) is 0 Å². The molecule has 1 aromatic heterocycles. The molecule has 3 aromatic rings. The molecule has 0 fully saturated rings. The summed E-state index contributed by atoms with van der Waals surface area (Å²) in [6, 6.07) is 14.7. The molecule has 174 valence electrons. The molecule has 1 aliphatic carbocycles. The van der Waals surface area contributed by atoms with E-state index in [2.05, 4.69) is 41.3 Å². The van der Waals surface area contributed by atoms with E-state index in [9.17, 15) is 14.0 Å². The highest BCUT2D eigenvalue weighted by Crippen LogP contribution is 2.43. The molecular formula is C27H26FN3O2S. The van der Waals surface area contributed by atoms with E-state index in [4.69, 9.17) is 0 Å². The van der Waals surface area contributed by atoms with Crippen molar-refractivity contribution in [3.05, 3.63) is 98.2 Å². The lowest BCUT2D eigenvalue weighted by Gasteiger charge is -2.33. The molecule has 5 nitrogen and oxygen atoms in total. The van der Waals surface area contributed by atoms with E-state index in [1.165, 1.54) is 23.4 Å². The van der Waals surface area contributed by atoms with Crippen LogP contribution in [0.15, 0.2) is 69.8 Å². The fraction of sp³-hybridized carbons (Fsp3) is 0.296. The Hall–Kier alpha value is -3.19.